The second-order valence-corrected chi connectivity index (χ2v) is 2.44. The third-order valence-electron chi connectivity index (χ3n) is 1.45. The monoisotopic (exact) mass is 212 g/mol. The van der Waals surface area contributed by atoms with Crippen molar-refractivity contribution in [3.05, 3.63) is 46.0 Å². The van der Waals surface area contributed by atoms with E-state index in [1.807, 2.05) is 0 Å². The average molecular weight is 212 g/mol. The fourth-order valence-corrected chi connectivity index (χ4v) is 0.857. The number of carbonyl (C=O) groups excluding carboxylic acids is 1. The van der Waals surface area contributed by atoms with E-state index in [0.717, 1.165) is 5.56 Å². The second-order valence-electron chi connectivity index (χ2n) is 2.44. The van der Waals surface area contributed by atoms with Crippen molar-refractivity contribution in [1.82, 2.24) is 5.34 Å². The minimum absolute atomic E-state index is 0.0599. The average Bonchev–Trinajstić information content (AvgIpc) is 2.25. The highest BCUT2D eigenvalue weighted by molar-refractivity contribution is 5.35. The molecule has 0 amide bonds. The van der Waals surface area contributed by atoms with E-state index in [0.29, 0.717) is 0 Å². The summed E-state index contributed by atoms with van der Waals surface area (Å²) in [4.78, 5) is 28.7. The van der Waals surface area contributed by atoms with Crippen molar-refractivity contribution in [2.45, 2.75) is 6.61 Å². The van der Waals surface area contributed by atoms with E-state index in [9.17, 15) is 14.9 Å². The van der Waals surface area contributed by atoms with E-state index in [-0.39, 0.29) is 18.4 Å². The van der Waals surface area contributed by atoms with Crippen LogP contribution in [0.25, 0.3) is 0 Å². The Kier molecular flexibility index (Phi) is 4.05. The topological polar surface area (TPSA) is 81.9 Å². The Bertz CT molecular complexity index is 329. The van der Waals surface area contributed by atoms with Gasteiger partial charge >= 0.3 is 6.47 Å². The first-order chi connectivity index (χ1) is 7.24. The summed E-state index contributed by atoms with van der Waals surface area (Å²) in [5.74, 6) is 0. The summed E-state index contributed by atoms with van der Waals surface area (Å²) in [6.45, 7) is -0.149. The van der Waals surface area contributed by atoms with Crippen LogP contribution in [0.3, 0.4) is 0 Å². The van der Waals surface area contributed by atoms with E-state index < -0.39 is 5.03 Å². The van der Waals surface area contributed by atoms with E-state index in [2.05, 4.69) is 9.68 Å². The van der Waals surface area contributed by atoms with Crippen molar-refractivity contribution in [2.75, 3.05) is 0 Å². The highest BCUT2D eigenvalue weighted by Gasteiger charge is 2.17. The summed E-state index contributed by atoms with van der Waals surface area (Å²) in [6, 6.07) is 8.76. The lowest BCUT2D eigenvalue weighted by molar-refractivity contribution is -0.805. The van der Waals surface area contributed by atoms with Gasteiger partial charge in [0.05, 0.1) is 0 Å². The Morgan fingerprint density at radius 3 is 2.60 bits per heavy atom. The van der Waals surface area contributed by atoms with Crippen molar-refractivity contribution >= 4 is 6.47 Å². The molecule has 15 heavy (non-hydrogen) atoms. The van der Waals surface area contributed by atoms with Crippen LogP contribution < -0.4 is 0 Å². The molecule has 80 valence electrons. The normalized spacial score (nSPS) is 9.33. The molecule has 0 aliphatic heterocycles. The van der Waals surface area contributed by atoms with Crippen molar-refractivity contribution in [3.8, 4) is 0 Å². The van der Waals surface area contributed by atoms with Crippen molar-refractivity contribution in [3.63, 3.8) is 0 Å². The largest absolute Gasteiger partial charge is 0.329 e. The Balaban J connectivity index is 2.47. The Labute approximate surface area is 84.8 Å². The molecule has 0 bridgehead atoms. The van der Waals surface area contributed by atoms with Crippen LogP contribution in [-0.2, 0) is 21.1 Å². The highest BCUT2D eigenvalue weighted by atomic mass is 17.0. The Hall–Kier alpha value is -2.15. The first kappa shape index (κ1) is 10.9. The van der Waals surface area contributed by atoms with Gasteiger partial charge in [0.1, 0.15) is 6.61 Å². The van der Waals surface area contributed by atoms with Gasteiger partial charge < -0.3 is 0 Å². The first-order valence-electron chi connectivity index (χ1n) is 3.95. The van der Waals surface area contributed by atoms with Crippen LogP contribution in [0.2, 0.25) is 0 Å². The third kappa shape index (κ3) is 3.61. The molecule has 0 aliphatic carbocycles. The smallest absolute Gasteiger partial charge is 0.268 e. The molecule has 0 radical (unpaired) electrons. The van der Waals surface area contributed by atoms with Crippen LogP contribution in [0.5, 0.6) is 0 Å². The molecular formula is C8H8N2O5. The van der Waals surface area contributed by atoms with E-state index >= 15 is 0 Å². The number of rotatable bonds is 6. The molecule has 1 aromatic carbocycles. The zero-order chi connectivity index (χ0) is 11.1. The van der Waals surface area contributed by atoms with Gasteiger partial charge in [-0.1, -0.05) is 30.3 Å². The number of hydrogen-bond acceptors (Lipinski definition) is 5. The van der Waals surface area contributed by atoms with Gasteiger partial charge in [-0.2, -0.15) is 4.84 Å². The second kappa shape index (κ2) is 5.55. The summed E-state index contributed by atoms with van der Waals surface area (Å²) >= 11 is 0. The van der Waals surface area contributed by atoms with Gasteiger partial charge in [-0.05, 0) is 5.56 Å². The molecule has 1 aromatic rings. The fraction of sp³-hybridized carbons (Fsp3) is 0.125. The fourth-order valence-electron chi connectivity index (χ4n) is 0.857. The van der Waals surface area contributed by atoms with Gasteiger partial charge in [0.25, 0.3) is 0 Å². The minimum atomic E-state index is -0.989. The van der Waals surface area contributed by atoms with E-state index in [4.69, 9.17) is 0 Å². The van der Waals surface area contributed by atoms with Gasteiger partial charge in [-0.3, -0.25) is 9.63 Å². The van der Waals surface area contributed by atoms with Crippen LogP contribution in [0.4, 0.5) is 0 Å². The van der Waals surface area contributed by atoms with Crippen LogP contribution >= 0.6 is 0 Å². The molecule has 0 heterocycles. The number of benzene rings is 1. The quantitative estimate of drug-likeness (QED) is 0.392. The summed E-state index contributed by atoms with van der Waals surface area (Å²) < 4.78 is 0. The van der Waals surface area contributed by atoms with Gasteiger partial charge in [0.15, 0.2) is 0 Å². The number of carbonyl (C=O) groups is 1. The number of nitro groups is 1. The molecule has 0 saturated carbocycles. The first-order valence-corrected chi connectivity index (χ1v) is 3.95. The standard InChI is InChI=1S/C8H8N2O5/c11-7-15-10(9(12)13)14-6-8-4-2-1-3-5-8/h1-5,7H,6H2. The molecule has 0 N–H and O–H groups in total. The number of hydrazine groups is 1. The van der Waals surface area contributed by atoms with Crippen molar-refractivity contribution in [2.24, 2.45) is 0 Å². The Morgan fingerprint density at radius 1 is 1.40 bits per heavy atom. The molecule has 0 aromatic heterocycles. The number of nitrogens with zero attached hydrogens (tertiary/aromatic N) is 2. The van der Waals surface area contributed by atoms with Crippen molar-refractivity contribution < 1.29 is 19.5 Å². The molecular weight excluding hydrogens is 204 g/mol. The summed E-state index contributed by atoms with van der Waals surface area (Å²) in [5.41, 5.74) is 0.721. The van der Waals surface area contributed by atoms with E-state index in [1.165, 1.54) is 0 Å². The zero-order valence-corrected chi connectivity index (χ0v) is 7.61. The highest BCUT2D eigenvalue weighted by Crippen LogP contribution is 2.02. The summed E-state index contributed by atoms with van der Waals surface area (Å²) in [5, 5.41) is 9.15. The minimum Gasteiger partial charge on any atom is -0.268 e. The maximum atomic E-state index is 10.2. The van der Waals surface area contributed by atoms with Crippen LogP contribution in [0, 0.1) is 10.1 Å². The maximum absolute atomic E-state index is 10.2. The maximum Gasteiger partial charge on any atom is 0.329 e. The van der Waals surface area contributed by atoms with Gasteiger partial charge in [-0.25, -0.2) is 10.1 Å². The summed E-state index contributed by atoms with van der Waals surface area (Å²) in [7, 11) is 0. The molecule has 1 rings (SSSR count). The van der Waals surface area contributed by atoms with Crippen LogP contribution in [-0.4, -0.2) is 16.8 Å². The van der Waals surface area contributed by atoms with Gasteiger partial charge in [0.2, 0.25) is 10.4 Å². The molecule has 0 atom stereocenters. The SMILES string of the molecule is O=CON(OCc1ccccc1)[N+](=O)[O-]. The Morgan fingerprint density at radius 2 is 2.07 bits per heavy atom. The predicted octanol–water partition coefficient (Wildman–Crippen LogP) is 0.700. The predicted molar refractivity (Wildman–Crippen MR) is 47.2 cm³/mol. The lowest BCUT2D eigenvalue weighted by Gasteiger charge is -2.07. The lowest BCUT2D eigenvalue weighted by Crippen LogP contribution is -2.29. The van der Waals surface area contributed by atoms with Gasteiger partial charge in [0, 0.05) is 0 Å². The van der Waals surface area contributed by atoms with Crippen LogP contribution in [0.1, 0.15) is 5.56 Å². The zero-order valence-electron chi connectivity index (χ0n) is 7.61. The molecule has 0 fully saturated rings. The summed E-state index contributed by atoms with van der Waals surface area (Å²) in [6.07, 6.45) is 0. The molecule has 0 unspecified atom stereocenters. The molecule has 0 spiro atoms. The molecule has 7 heteroatoms. The van der Waals surface area contributed by atoms with E-state index in [1.54, 1.807) is 30.3 Å². The molecule has 7 nitrogen and oxygen atoms in total. The van der Waals surface area contributed by atoms with Crippen LogP contribution in [0.15, 0.2) is 30.3 Å². The van der Waals surface area contributed by atoms with Gasteiger partial charge in [-0.15, -0.1) is 0 Å². The number of hydrogen-bond donors (Lipinski definition) is 0. The third-order valence-corrected chi connectivity index (χ3v) is 1.45. The molecule has 0 aliphatic rings. The van der Waals surface area contributed by atoms with Crippen molar-refractivity contribution in [1.29, 1.82) is 0 Å². The molecule has 0 saturated heterocycles. The lowest BCUT2D eigenvalue weighted by atomic mass is 10.2.